The molecular formula is C13H17NO3. The third-order valence-electron chi connectivity index (χ3n) is 3.14. The number of methoxy groups -OCH3 is 2. The fourth-order valence-electron chi connectivity index (χ4n) is 2.28. The average molecular weight is 235 g/mol. The summed E-state index contributed by atoms with van der Waals surface area (Å²) < 4.78 is 10.6. The average Bonchev–Trinajstić information content (AvgIpc) is 2.38. The number of nitrogens with one attached hydrogen (secondary N) is 1. The fourth-order valence-corrected chi connectivity index (χ4v) is 2.28. The van der Waals surface area contributed by atoms with Gasteiger partial charge in [-0.25, -0.2) is 0 Å². The Morgan fingerprint density at radius 3 is 2.71 bits per heavy atom. The van der Waals surface area contributed by atoms with Crippen molar-refractivity contribution in [1.29, 1.82) is 0 Å². The maximum atomic E-state index is 10.7. The quantitative estimate of drug-likeness (QED) is 0.803. The van der Waals surface area contributed by atoms with Crippen LogP contribution in [0.5, 0.6) is 11.5 Å². The maximum absolute atomic E-state index is 10.7. The lowest BCUT2D eigenvalue weighted by molar-refractivity contribution is -0.108. The largest absolute Gasteiger partial charge is 0.493 e. The van der Waals surface area contributed by atoms with E-state index in [-0.39, 0.29) is 6.04 Å². The van der Waals surface area contributed by atoms with Crippen molar-refractivity contribution in [2.75, 3.05) is 20.8 Å². The molecule has 0 radical (unpaired) electrons. The van der Waals surface area contributed by atoms with E-state index in [1.54, 1.807) is 14.2 Å². The fraction of sp³-hybridized carbons (Fsp3) is 0.462. The van der Waals surface area contributed by atoms with Crippen molar-refractivity contribution in [2.24, 2.45) is 0 Å². The minimum atomic E-state index is 0.0936. The Bertz CT molecular complexity index is 417. The third kappa shape index (κ3) is 2.26. The highest BCUT2D eigenvalue weighted by atomic mass is 16.5. The highest BCUT2D eigenvalue weighted by Crippen LogP contribution is 2.35. The van der Waals surface area contributed by atoms with Crippen molar-refractivity contribution in [3.8, 4) is 11.5 Å². The van der Waals surface area contributed by atoms with E-state index < -0.39 is 0 Å². The molecule has 1 aromatic rings. The molecule has 0 saturated carbocycles. The molecule has 0 spiro atoms. The number of hydrogen-bond acceptors (Lipinski definition) is 4. The summed E-state index contributed by atoms with van der Waals surface area (Å²) in [5, 5.41) is 3.34. The molecule has 1 atom stereocenters. The van der Waals surface area contributed by atoms with Crippen LogP contribution in [0.2, 0.25) is 0 Å². The Morgan fingerprint density at radius 2 is 2.06 bits per heavy atom. The first-order valence-electron chi connectivity index (χ1n) is 5.72. The van der Waals surface area contributed by atoms with Crippen LogP contribution in [0.15, 0.2) is 12.1 Å². The lowest BCUT2D eigenvalue weighted by Gasteiger charge is -2.26. The van der Waals surface area contributed by atoms with Crippen LogP contribution >= 0.6 is 0 Å². The topological polar surface area (TPSA) is 47.6 Å². The monoisotopic (exact) mass is 235 g/mol. The minimum absolute atomic E-state index is 0.0936. The third-order valence-corrected chi connectivity index (χ3v) is 3.14. The molecule has 1 heterocycles. The first-order valence-corrected chi connectivity index (χ1v) is 5.72. The molecule has 0 aromatic heterocycles. The predicted molar refractivity (Wildman–Crippen MR) is 64.7 cm³/mol. The summed E-state index contributed by atoms with van der Waals surface area (Å²) in [7, 11) is 3.25. The highest BCUT2D eigenvalue weighted by Gasteiger charge is 2.21. The second-order valence-corrected chi connectivity index (χ2v) is 4.07. The number of carbonyl (C=O) groups is 1. The van der Waals surface area contributed by atoms with E-state index in [1.165, 1.54) is 5.56 Å². The van der Waals surface area contributed by atoms with Crippen molar-refractivity contribution in [1.82, 2.24) is 5.32 Å². The van der Waals surface area contributed by atoms with E-state index in [1.807, 2.05) is 12.1 Å². The molecule has 0 amide bonds. The van der Waals surface area contributed by atoms with Gasteiger partial charge in [-0.15, -0.1) is 0 Å². The van der Waals surface area contributed by atoms with Crippen LogP contribution in [-0.4, -0.2) is 27.1 Å². The molecule has 4 heteroatoms. The summed E-state index contributed by atoms with van der Waals surface area (Å²) in [6.07, 6.45) is 2.39. The number of ether oxygens (including phenoxy) is 2. The number of hydrogen-bond donors (Lipinski definition) is 1. The first-order chi connectivity index (χ1) is 8.30. The molecule has 0 bridgehead atoms. The van der Waals surface area contributed by atoms with Gasteiger partial charge in [0.25, 0.3) is 0 Å². The summed E-state index contributed by atoms with van der Waals surface area (Å²) in [5.41, 5.74) is 2.37. The van der Waals surface area contributed by atoms with Gasteiger partial charge in [0, 0.05) is 12.5 Å². The molecule has 1 N–H and O–H groups in total. The molecule has 0 fully saturated rings. The normalized spacial score (nSPS) is 18.4. The van der Waals surface area contributed by atoms with Crippen LogP contribution in [0, 0.1) is 0 Å². The number of carbonyl (C=O) groups excluding carboxylic acids is 1. The number of fused-ring (bicyclic) bond motifs is 1. The summed E-state index contributed by atoms with van der Waals surface area (Å²) in [6, 6.07) is 4.07. The van der Waals surface area contributed by atoms with E-state index >= 15 is 0 Å². The zero-order valence-electron chi connectivity index (χ0n) is 10.2. The van der Waals surface area contributed by atoms with Crippen LogP contribution in [0.3, 0.4) is 0 Å². The van der Waals surface area contributed by atoms with E-state index in [4.69, 9.17) is 9.47 Å². The second-order valence-electron chi connectivity index (χ2n) is 4.07. The van der Waals surface area contributed by atoms with Crippen molar-refractivity contribution in [2.45, 2.75) is 18.9 Å². The van der Waals surface area contributed by atoms with Crippen LogP contribution < -0.4 is 14.8 Å². The van der Waals surface area contributed by atoms with Gasteiger partial charge >= 0.3 is 0 Å². The Kier molecular flexibility index (Phi) is 3.64. The van der Waals surface area contributed by atoms with Gasteiger partial charge in [-0.3, -0.25) is 0 Å². The Labute approximate surface area is 101 Å². The molecular weight excluding hydrogens is 218 g/mol. The van der Waals surface area contributed by atoms with Crippen LogP contribution in [-0.2, 0) is 11.2 Å². The Balaban J connectivity index is 2.43. The van der Waals surface area contributed by atoms with Gasteiger partial charge < -0.3 is 19.6 Å². The molecule has 1 aliphatic rings. The van der Waals surface area contributed by atoms with Crippen LogP contribution in [0.1, 0.15) is 23.6 Å². The molecule has 0 saturated heterocycles. The SMILES string of the molecule is COc1cc2c(cc1OC)C(CC=O)NCC2. The lowest BCUT2D eigenvalue weighted by atomic mass is 9.92. The van der Waals surface area contributed by atoms with Gasteiger partial charge in [0.1, 0.15) is 6.29 Å². The van der Waals surface area contributed by atoms with Crippen molar-refractivity contribution in [3.63, 3.8) is 0 Å². The molecule has 4 nitrogen and oxygen atoms in total. The summed E-state index contributed by atoms with van der Waals surface area (Å²) in [6.45, 7) is 0.890. The molecule has 1 aliphatic heterocycles. The molecule has 0 aliphatic carbocycles. The Morgan fingerprint density at radius 1 is 1.35 bits per heavy atom. The minimum Gasteiger partial charge on any atom is -0.493 e. The lowest BCUT2D eigenvalue weighted by Crippen LogP contribution is -2.30. The van der Waals surface area contributed by atoms with Gasteiger partial charge in [-0.05, 0) is 36.2 Å². The predicted octanol–water partition coefficient (Wildman–Crippen LogP) is 1.48. The zero-order valence-corrected chi connectivity index (χ0v) is 10.2. The van der Waals surface area contributed by atoms with E-state index in [0.717, 1.165) is 30.6 Å². The second kappa shape index (κ2) is 5.19. The van der Waals surface area contributed by atoms with Gasteiger partial charge in [-0.1, -0.05) is 0 Å². The van der Waals surface area contributed by atoms with Crippen molar-refractivity contribution in [3.05, 3.63) is 23.3 Å². The highest BCUT2D eigenvalue weighted by molar-refractivity contribution is 5.55. The number of benzene rings is 1. The summed E-state index contributed by atoms with van der Waals surface area (Å²) in [5.74, 6) is 1.46. The van der Waals surface area contributed by atoms with Crippen molar-refractivity contribution < 1.29 is 14.3 Å². The van der Waals surface area contributed by atoms with E-state index in [9.17, 15) is 4.79 Å². The molecule has 1 aromatic carbocycles. The Hall–Kier alpha value is -1.55. The number of rotatable bonds is 4. The van der Waals surface area contributed by atoms with Gasteiger partial charge in [0.2, 0.25) is 0 Å². The smallest absolute Gasteiger partial charge is 0.161 e. The van der Waals surface area contributed by atoms with Crippen molar-refractivity contribution >= 4 is 6.29 Å². The van der Waals surface area contributed by atoms with Gasteiger partial charge in [0.15, 0.2) is 11.5 Å². The van der Waals surface area contributed by atoms with Crippen LogP contribution in [0.4, 0.5) is 0 Å². The summed E-state index contributed by atoms with van der Waals surface area (Å²) in [4.78, 5) is 10.7. The molecule has 1 unspecified atom stereocenters. The molecule has 92 valence electrons. The maximum Gasteiger partial charge on any atom is 0.161 e. The zero-order chi connectivity index (χ0) is 12.3. The van der Waals surface area contributed by atoms with Crippen LogP contribution in [0.25, 0.3) is 0 Å². The van der Waals surface area contributed by atoms with Gasteiger partial charge in [0.05, 0.1) is 14.2 Å². The van der Waals surface area contributed by atoms with E-state index in [0.29, 0.717) is 12.2 Å². The molecule has 2 rings (SSSR count). The number of aldehydes is 1. The molecule has 17 heavy (non-hydrogen) atoms. The van der Waals surface area contributed by atoms with Gasteiger partial charge in [-0.2, -0.15) is 0 Å². The summed E-state index contributed by atoms with van der Waals surface area (Å²) >= 11 is 0. The van der Waals surface area contributed by atoms with E-state index in [2.05, 4.69) is 5.32 Å². The first kappa shape index (κ1) is 11.9. The standard InChI is InChI=1S/C13H17NO3/c1-16-12-7-9-3-5-14-11(4-6-15)10(9)8-13(12)17-2/h6-8,11,14H,3-5H2,1-2H3.